The SMILES string of the molecule is CCN1C(=O)S/C(=C\C(=O)[O-])C1=O. The second-order valence-electron chi connectivity index (χ2n) is 2.25. The van der Waals surface area contributed by atoms with Gasteiger partial charge in [0.25, 0.3) is 11.1 Å². The predicted octanol–water partition coefficient (Wildman–Crippen LogP) is -0.665. The molecule has 0 saturated carbocycles. The van der Waals surface area contributed by atoms with Crippen molar-refractivity contribution in [1.82, 2.24) is 4.90 Å². The highest BCUT2D eigenvalue weighted by atomic mass is 32.2. The summed E-state index contributed by atoms with van der Waals surface area (Å²) in [7, 11) is 0. The smallest absolute Gasteiger partial charge is 0.293 e. The molecule has 0 radical (unpaired) electrons. The van der Waals surface area contributed by atoms with E-state index in [-0.39, 0.29) is 11.4 Å². The van der Waals surface area contributed by atoms with Crippen molar-refractivity contribution < 1.29 is 19.5 Å². The van der Waals surface area contributed by atoms with Gasteiger partial charge in [-0.3, -0.25) is 14.5 Å². The quantitative estimate of drug-likeness (QED) is 0.553. The molecule has 70 valence electrons. The first-order valence-electron chi connectivity index (χ1n) is 3.52. The van der Waals surface area contributed by atoms with E-state index in [0.717, 1.165) is 4.90 Å². The fraction of sp³-hybridized carbons (Fsp3) is 0.286. The van der Waals surface area contributed by atoms with Gasteiger partial charge in [0.15, 0.2) is 0 Å². The second kappa shape index (κ2) is 3.61. The number of amides is 2. The van der Waals surface area contributed by atoms with E-state index < -0.39 is 17.1 Å². The summed E-state index contributed by atoms with van der Waals surface area (Å²) in [6.45, 7) is 1.88. The number of rotatable bonds is 2. The summed E-state index contributed by atoms with van der Waals surface area (Å²) in [4.78, 5) is 33.2. The molecule has 0 spiro atoms. The van der Waals surface area contributed by atoms with E-state index >= 15 is 0 Å². The van der Waals surface area contributed by atoms with Gasteiger partial charge in [0, 0.05) is 6.54 Å². The minimum absolute atomic E-state index is 0.0909. The Kier molecular flexibility index (Phi) is 2.72. The van der Waals surface area contributed by atoms with Crippen LogP contribution in [-0.4, -0.2) is 28.6 Å². The van der Waals surface area contributed by atoms with Crippen LogP contribution < -0.4 is 5.11 Å². The van der Waals surface area contributed by atoms with E-state index in [1.807, 2.05) is 0 Å². The molecule has 1 heterocycles. The van der Waals surface area contributed by atoms with Crippen molar-refractivity contribution in [2.45, 2.75) is 6.92 Å². The van der Waals surface area contributed by atoms with E-state index in [0.29, 0.717) is 17.8 Å². The zero-order valence-electron chi connectivity index (χ0n) is 6.77. The van der Waals surface area contributed by atoms with Crippen LogP contribution >= 0.6 is 11.8 Å². The maximum Gasteiger partial charge on any atom is 0.293 e. The molecule has 0 aliphatic carbocycles. The third kappa shape index (κ3) is 1.89. The van der Waals surface area contributed by atoms with Gasteiger partial charge < -0.3 is 9.90 Å². The van der Waals surface area contributed by atoms with Crippen molar-refractivity contribution in [3.05, 3.63) is 11.0 Å². The van der Waals surface area contributed by atoms with Crippen molar-refractivity contribution in [3.8, 4) is 0 Å². The van der Waals surface area contributed by atoms with E-state index in [4.69, 9.17) is 0 Å². The number of thioether (sulfide) groups is 1. The molecule has 1 fully saturated rings. The van der Waals surface area contributed by atoms with Crippen molar-refractivity contribution in [2.75, 3.05) is 6.54 Å². The van der Waals surface area contributed by atoms with E-state index in [2.05, 4.69) is 0 Å². The molecule has 2 amide bonds. The summed E-state index contributed by atoms with van der Waals surface area (Å²) in [5, 5.41) is 9.68. The molecule has 1 rings (SSSR count). The van der Waals surface area contributed by atoms with Crippen LogP contribution in [0.3, 0.4) is 0 Å². The van der Waals surface area contributed by atoms with Crippen molar-refractivity contribution >= 4 is 28.9 Å². The maximum absolute atomic E-state index is 11.2. The highest BCUT2D eigenvalue weighted by Crippen LogP contribution is 2.29. The summed E-state index contributed by atoms with van der Waals surface area (Å²) in [5.41, 5.74) is 0. The predicted molar refractivity (Wildman–Crippen MR) is 43.5 cm³/mol. The molecule has 6 heteroatoms. The zero-order valence-corrected chi connectivity index (χ0v) is 7.59. The number of imide groups is 1. The minimum atomic E-state index is -1.47. The summed E-state index contributed by atoms with van der Waals surface area (Å²) >= 11 is 0.612. The fourth-order valence-corrected chi connectivity index (χ4v) is 1.74. The van der Waals surface area contributed by atoms with Gasteiger partial charge in [0.05, 0.1) is 10.9 Å². The van der Waals surface area contributed by atoms with Crippen LogP contribution in [0.4, 0.5) is 4.79 Å². The Morgan fingerprint density at radius 1 is 1.62 bits per heavy atom. The molecule has 1 saturated heterocycles. The van der Waals surface area contributed by atoms with Gasteiger partial charge >= 0.3 is 0 Å². The van der Waals surface area contributed by atoms with Crippen LogP contribution in [0.15, 0.2) is 11.0 Å². The Morgan fingerprint density at radius 3 is 2.62 bits per heavy atom. The van der Waals surface area contributed by atoms with Crippen molar-refractivity contribution in [1.29, 1.82) is 0 Å². The summed E-state index contributed by atoms with van der Waals surface area (Å²) in [6.07, 6.45) is 0.639. The van der Waals surface area contributed by atoms with Crippen molar-refractivity contribution in [3.63, 3.8) is 0 Å². The molecule has 13 heavy (non-hydrogen) atoms. The fourth-order valence-electron chi connectivity index (χ4n) is 0.880. The van der Waals surface area contributed by atoms with E-state index in [9.17, 15) is 19.5 Å². The number of carboxylic acid groups (broad SMARTS) is 1. The molecule has 0 aromatic carbocycles. The lowest BCUT2D eigenvalue weighted by Crippen LogP contribution is -2.28. The lowest BCUT2D eigenvalue weighted by molar-refractivity contribution is -0.297. The third-order valence-electron chi connectivity index (χ3n) is 1.44. The Bertz CT molecular complexity index is 310. The first-order chi connectivity index (χ1) is 6.06. The number of nitrogens with zero attached hydrogens (tertiary/aromatic N) is 1. The molecule has 1 aliphatic heterocycles. The van der Waals surface area contributed by atoms with Crippen LogP contribution in [0.1, 0.15) is 6.92 Å². The molecule has 0 N–H and O–H groups in total. The second-order valence-corrected chi connectivity index (χ2v) is 3.24. The monoisotopic (exact) mass is 200 g/mol. The zero-order chi connectivity index (χ0) is 10.0. The van der Waals surface area contributed by atoms with Gasteiger partial charge in [-0.2, -0.15) is 0 Å². The Labute approximate surface area is 78.4 Å². The molecule has 5 nitrogen and oxygen atoms in total. The Balaban J connectivity index is 2.91. The van der Waals surface area contributed by atoms with Crippen LogP contribution in [0.25, 0.3) is 0 Å². The van der Waals surface area contributed by atoms with E-state index in [1.165, 1.54) is 0 Å². The van der Waals surface area contributed by atoms with Gasteiger partial charge in [-0.05, 0) is 24.8 Å². The maximum atomic E-state index is 11.2. The highest BCUT2D eigenvalue weighted by molar-refractivity contribution is 8.18. The normalized spacial score (nSPS) is 20.1. The van der Waals surface area contributed by atoms with Gasteiger partial charge in [-0.25, -0.2) is 0 Å². The lowest BCUT2D eigenvalue weighted by Gasteiger charge is -2.06. The number of hydrogen-bond acceptors (Lipinski definition) is 5. The Morgan fingerprint density at radius 2 is 2.23 bits per heavy atom. The summed E-state index contributed by atoms with van der Waals surface area (Å²) in [5.74, 6) is -2.04. The van der Waals surface area contributed by atoms with Crippen LogP contribution in [0.5, 0.6) is 0 Å². The third-order valence-corrected chi connectivity index (χ3v) is 2.35. The average Bonchev–Trinajstić information content (AvgIpc) is 2.26. The molecule has 0 bridgehead atoms. The summed E-state index contributed by atoms with van der Waals surface area (Å²) < 4.78 is 0. The van der Waals surface area contributed by atoms with Gasteiger partial charge in [0.2, 0.25) is 0 Å². The molecule has 0 atom stereocenters. The number of hydrogen-bond donors (Lipinski definition) is 0. The lowest BCUT2D eigenvalue weighted by atomic mass is 10.4. The molecular formula is C7H6NO4S-. The van der Waals surface area contributed by atoms with E-state index in [1.54, 1.807) is 6.92 Å². The average molecular weight is 200 g/mol. The summed E-state index contributed by atoms with van der Waals surface area (Å²) in [6, 6.07) is 0. The first kappa shape index (κ1) is 9.79. The molecule has 0 aromatic rings. The van der Waals surface area contributed by atoms with Crippen LogP contribution in [-0.2, 0) is 9.59 Å². The molecule has 0 aromatic heterocycles. The van der Waals surface area contributed by atoms with Crippen LogP contribution in [0.2, 0.25) is 0 Å². The first-order valence-corrected chi connectivity index (χ1v) is 4.34. The molecular weight excluding hydrogens is 194 g/mol. The van der Waals surface area contributed by atoms with Gasteiger partial charge in [-0.15, -0.1) is 0 Å². The number of carboxylic acids is 1. The Hall–Kier alpha value is -1.30. The number of carbonyl (C=O) groups is 3. The topological polar surface area (TPSA) is 77.5 Å². The van der Waals surface area contributed by atoms with Crippen LogP contribution in [0, 0.1) is 0 Å². The highest BCUT2D eigenvalue weighted by Gasteiger charge is 2.33. The number of carbonyl (C=O) groups excluding carboxylic acids is 3. The molecule has 0 unspecified atom stereocenters. The molecule has 1 aliphatic rings. The number of aliphatic carboxylic acids is 1. The minimum Gasteiger partial charge on any atom is -0.545 e. The number of likely N-dealkylation sites (N-methyl/N-ethyl adjacent to an activating group) is 1. The van der Waals surface area contributed by atoms with Gasteiger partial charge in [0.1, 0.15) is 0 Å². The van der Waals surface area contributed by atoms with Crippen molar-refractivity contribution in [2.24, 2.45) is 0 Å². The largest absolute Gasteiger partial charge is 0.545 e. The standard InChI is InChI=1S/C7H7NO4S/c1-2-8-6(11)4(3-5(9)10)13-7(8)12/h3H,2H2,1H3,(H,9,10)/p-1/b4-3-. The van der Waals surface area contributed by atoms with Gasteiger partial charge in [-0.1, -0.05) is 0 Å².